The molecule has 0 spiro atoms. The van der Waals surface area contributed by atoms with Crippen molar-refractivity contribution in [2.24, 2.45) is 0 Å². The van der Waals surface area contributed by atoms with Gasteiger partial charge in [-0.05, 0) is 37.3 Å². The predicted molar refractivity (Wildman–Crippen MR) is 125 cm³/mol. The third kappa shape index (κ3) is 3.67. The lowest BCUT2D eigenvalue weighted by Gasteiger charge is -2.19. The van der Waals surface area contributed by atoms with Gasteiger partial charge in [-0.1, -0.05) is 35.9 Å². The number of carbonyl (C=O) groups excluding carboxylic acids is 2. The molecule has 0 unspecified atom stereocenters. The molecule has 0 radical (unpaired) electrons. The first-order valence-corrected chi connectivity index (χ1v) is 10.6. The van der Waals surface area contributed by atoms with Crippen LogP contribution in [0.5, 0.6) is 17.2 Å². The summed E-state index contributed by atoms with van der Waals surface area (Å²) in [6, 6.07) is 19.7. The number of benzene rings is 3. The van der Waals surface area contributed by atoms with Crippen LogP contribution >= 0.6 is 0 Å². The van der Waals surface area contributed by atoms with Crippen LogP contribution in [0.15, 0.2) is 72.4 Å². The van der Waals surface area contributed by atoms with Crippen LogP contribution in [-0.4, -0.2) is 32.1 Å². The van der Waals surface area contributed by atoms with Crippen molar-refractivity contribution in [3.05, 3.63) is 83.6 Å². The fourth-order valence-corrected chi connectivity index (χ4v) is 3.94. The van der Waals surface area contributed by atoms with Crippen molar-refractivity contribution in [3.8, 4) is 17.2 Å². The minimum Gasteiger partial charge on any atom is -0.496 e. The standard InChI is InChI=1S/C26H22N2O5/c1-16-7-10-18(11-8-16)28-25(29)23(19-5-3-4-6-20(19)31-2)24(26(28)30)27-17-9-12-21-22(15-17)33-14-13-32-21/h3-12,15,27H,13-14H2,1-2H3. The van der Waals surface area contributed by atoms with Crippen molar-refractivity contribution < 1.29 is 23.8 Å². The van der Waals surface area contributed by atoms with Gasteiger partial charge in [0.15, 0.2) is 11.5 Å². The second-order valence-corrected chi connectivity index (χ2v) is 7.71. The van der Waals surface area contributed by atoms with E-state index < -0.39 is 11.8 Å². The molecule has 2 amide bonds. The first-order chi connectivity index (χ1) is 16.1. The Morgan fingerprint density at radius 2 is 1.61 bits per heavy atom. The Morgan fingerprint density at radius 3 is 2.36 bits per heavy atom. The number of rotatable bonds is 5. The third-order valence-corrected chi connectivity index (χ3v) is 5.56. The second-order valence-electron chi connectivity index (χ2n) is 7.71. The first-order valence-electron chi connectivity index (χ1n) is 10.6. The lowest BCUT2D eigenvalue weighted by atomic mass is 10.0. The highest BCUT2D eigenvalue weighted by atomic mass is 16.6. The number of nitrogens with one attached hydrogen (secondary N) is 1. The number of carbonyl (C=O) groups is 2. The number of para-hydroxylation sites is 1. The molecular formula is C26H22N2O5. The molecule has 2 heterocycles. The van der Waals surface area contributed by atoms with Gasteiger partial charge >= 0.3 is 0 Å². The van der Waals surface area contributed by atoms with Crippen LogP contribution in [0, 0.1) is 6.92 Å². The number of methoxy groups -OCH3 is 1. The maximum atomic E-state index is 13.6. The fourth-order valence-electron chi connectivity index (χ4n) is 3.94. The van der Waals surface area contributed by atoms with E-state index in [-0.39, 0.29) is 11.3 Å². The summed E-state index contributed by atoms with van der Waals surface area (Å²) in [5.41, 5.74) is 3.09. The molecule has 3 aromatic carbocycles. The van der Waals surface area contributed by atoms with E-state index in [4.69, 9.17) is 14.2 Å². The zero-order valence-corrected chi connectivity index (χ0v) is 18.3. The maximum Gasteiger partial charge on any atom is 0.282 e. The van der Waals surface area contributed by atoms with E-state index in [0.29, 0.717) is 47.4 Å². The average molecular weight is 442 g/mol. The molecule has 7 nitrogen and oxygen atoms in total. The van der Waals surface area contributed by atoms with E-state index >= 15 is 0 Å². The molecule has 3 aromatic rings. The van der Waals surface area contributed by atoms with Crippen molar-refractivity contribution in [3.63, 3.8) is 0 Å². The minimum atomic E-state index is -0.445. The largest absolute Gasteiger partial charge is 0.496 e. The van der Waals surface area contributed by atoms with E-state index in [1.165, 1.54) is 12.0 Å². The van der Waals surface area contributed by atoms with E-state index in [0.717, 1.165) is 5.56 Å². The molecule has 7 heteroatoms. The number of ether oxygens (including phenoxy) is 3. The summed E-state index contributed by atoms with van der Waals surface area (Å²) < 4.78 is 16.7. The molecule has 166 valence electrons. The predicted octanol–water partition coefficient (Wildman–Crippen LogP) is 4.17. The maximum absolute atomic E-state index is 13.6. The molecule has 0 aliphatic carbocycles. The molecule has 2 aliphatic heterocycles. The molecule has 5 rings (SSSR count). The van der Waals surface area contributed by atoms with Crippen LogP contribution < -0.4 is 24.4 Å². The number of hydrogen-bond donors (Lipinski definition) is 1. The van der Waals surface area contributed by atoms with E-state index in [1.54, 1.807) is 48.5 Å². The van der Waals surface area contributed by atoms with Gasteiger partial charge < -0.3 is 19.5 Å². The lowest BCUT2D eigenvalue weighted by Crippen LogP contribution is -2.32. The van der Waals surface area contributed by atoms with Gasteiger partial charge in [0.1, 0.15) is 24.7 Å². The summed E-state index contributed by atoms with van der Waals surface area (Å²) in [7, 11) is 1.53. The number of aryl methyl sites for hydroxylation is 1. The van der Waals surface area contributed by atoms with Crippen LogP contribution in [0.1, 0.15) is 11.1 Å². The van der Waals surface area contributed by atoms with Gasteiger partial charge in [-0.25, -0.2) is 4.90 Å². The highest BCUT2D eigenvalue weighted by molar-refractivity contribution is 6.46. The summed E-state index contributed by atoms with van der Waals surface area (Å²) in [4.78, 5) is 28.4. The van der Waals surface area contributed by atoms with Gasteiger partial charge in [0.05, 0.1) is 18.4 Å². The van der Waals surface area contributed by atoms with E-state index in [2.05, 4.69) is 5.32 Å². The number of hydrogen-bond acceptors (Lipinski definition) is 6. The Morgan fingerprint density at radius 1 is 0.879 bits per heavy atom. The monoisotopic (exact) mass is 442 g/mol. The molecular weight excluding hydrogens is 420 g/mol. The van der Waals surface area contributed by atoms with E-state index in [9.17, 15) is 9.59 Å². The molecule has 1 N–H and O–H groups in total. The number of anilines is 2. The second kappa shape index (κ2) is 8.35. The third-order valence-electron chi connectivity index (χ3n) is 5.56. The van der Waals surface area contributed by atoms with Crippen LogP contribution in [-0.2, 0) is 9.59 Å². The normalized spacial score (nSPS) is 15.2. The average Bonchev–Trinajstić information content (AvgIpc) is 3.08. The molecule has 0 saturated heterocycles. The van der Waals surface area contributed by atoms with Crippen molar-refractivity contribution >= 4 is 28.8 Å². The zero-order chi connectivity index (χ0) is 22.9. The van der Waals surface area contributed by atoms with E-state index in [1.807, 2.05) is 25.1 Å². The van der Waals surface area contributed by atoms with Crippen molar-refractivity contribution in [1.82, 2.24) is 0 Å². The molecule has 2 aliphatic rings. The molecule has 0 fully saturated rings. The van der Waals surface area contributed by atoms with Gasteiger partial charge in [0.2, 0.25) is 0 Å². The summed E-state index contributed by atoms with van der Waals surface area (Å²) in [5, 5.41) is 3.16. The quantitative estimate of drug-likeness (QED) is 0.598. The van der Waals surface area contributed by atoms with Crippen molar-refractivity contribution in [1.29, 1.82) is 0 Å². The number of amides is 2. The van der Waals surface area contributed by atoms with Gasteiger partial charge in [0, 0.05) is 17.3 Å². The van der Waals surface area contributed by atoms with Crippen molar-refractivity contribution in [2.75, 3.05) is 30.5 Å². The molecule has 0 atom stereocenters. The van der Waals surface area contributed by atoms with Crippen LogP contribution in [0.4, 0.5) is 11.4 Å². The smallest absolute Gasteiger partial charge is 0.282 e. The number of fused-ring (bicyclic) bond motifs is 1. The summed E-state index contributed by atoms with van der Waals surface area (Å²) in [6.07, 6.45) is 0. The Kier molecular flexibility index (Phi) is 5.22. The molecule has 0 aromatic heterocycles. The van der Waals surface area contributed by atoms with Crippen LogP contribution in [0.2, 0.25) is 0 Å². The zero-order valence-electron chi connectivity index (χ0n) is 18.3. The molecule has 0 saturated carbocycles. The van der Waals surface area contributed by atoms with Gasteiger partial charge in [-0.15, -0.1) is 0 Å². The first kappa shape index (κ1) is 20.6. The summed E-state index contributed by atoms with van der Waals surface area (Å²) in [5.74, 6) is 0.854. The summed E-state index contributed by atoms with van der Waals surface area (Å²) >= 11 is 0. The van der Waals surface area contributed by atoms with Crippen molar-refractivity contribution in [2.45, 2.75) is 6.92 Å². The Labute approximate surface area is 191 Å². The lowest BCUT2D eigenvalue weighted by molar-refractivity contribution is -0.120. The van der Waals surface area contributed by atoms with Crippen LogP contribution in [0.25, 0.3) is 5.57 Å². The highest BCUT2D eigenvalue weighted by Gasteiger charge is 2.41. The minimum absolute atomic E-state index is 0.168. The van der Waals surface area contributed by atoms with Gasteiger partial charge in [0.25, 0.3) is 11.8 Å². The Balaban J connectivity index is 1.61. The number of nitrogens with zero attached hydrogens (tertiary/aromatic N) is 1. The Hall–Kier alpha value is -4.26. The van der Waals surface area contributed by atoms with Gasteiger partial charge in [-0.2, -0.15) is 0 Å². The Bertz CT molecular complexity index is 1280. The molecule has 33 heavy (non-hydrogen) atoms. The highest BCUT2D eigenvalue weighted by Crippen LogP contribution is 2.39. The topological polar surface area (TPSA) is 77.1 Å². The summed E-state index contributed by atoms with van der Waals surface area (Å²) in [6.45, 7) is 2.89. The fraction of sp³-hybridized carbons (Fsp3) is 0.154. The SMILES string of the molecule is COc1ccccc1C1=C(Nc2ccc3c(c2)OCCO3)C(=O)N(c2ccc(C)cc2)C1=O. The number of imide groups is 1. The van der Waals surface area contributed by atoms with Crippen LogP contribution in [0.3, 0.4) is 0 Å². The van der Waals surface area contributed by atoms with Gasteiger partial charge in [-0.3, -0.25) is 9.59 Å². The molecule has 0 bridgehead atoms.